The van der Waals surface area contributed by atoms with Gasteiger partial charge in [-0.2, -0.15) is 0 Å². The number of aryl methyl sites for hydroxylation is 4. The molecule has 0 atom stereocenters. The highest BCUT2D eigenvalue weighted by Crippen LogP contribution is 2.66. The monoisotopic (exact) mass is 918 g/mol. The lowest BCUT2D eigenvalue weighted by molar-refractivity contribution is 0.806. The van der Waals surface area contributed by atoms with E-state index in [1.807, 2.05) is 0 Å². The zero-order chi connectivity index (χ0) is 49.0. The molecule has 0 amide bonds. The van der Waals surface area contributed by atoms with Crippen molar-refractivity contribution in [3.05, 3.63) is 249 Å². The quantitative estimate of drug-likeness (QED) is 0.150. The molecular formula is C69H62N2. The molecule has 2 aliphatic rings. The van der Waals surface area contributed by atoms with Crippen molar-refractivity contribution in [2.75, 3.05) is 9.80 Å². The van der Waals surface area contributed by atoms with Gasteiger partial charge >= 0.3 is 0 Å². The summed E-state index contributed by atoms with van der Waals surface area (Å²) in [5.41, 5.74) is 27.9. The van der Waals surface area contributed by atoms with Crippen LogP contribution in [0.5, 0.6) is 0 Å². The summed E-state index contributed by atoms with van der Waals surface area (Å²) in [4.78, 5) is 4.91. The van der Waals surface area contributed by atoms with Crippen LogP contribution in [0.25, 0.3) is 43.8 Å². The van der Waals surface area contributed by atoms with Crippen LogP contribution in [0.2, 0.25) is 0 Å². The summed E-state index contributed by atoms with van der Waals surface area (Å²) in [6, 6.07) is 69.7. The standard InChI is InChI=1S/C69H62N2/c1-41(2)59-39-63-64-40-60(42(3)4)62-38-52(71(50-23-15-12-16-24-50)54-35-45(7)48(10)46(8)36-54)30-32-58(62)68(64)69(65-27-19-17-25-55(65)56-26-18-20-28-66(56)69)67(63)57-31-29-51(37-61(57)59)70(49-21-13-11-14-22-49)53-33-43(5)47(9)44(6)34-53/h11-42H,1-10H3. The Morgan fingerprint density at radius 1 is 0.310 bits per heavy atom. The molecule has 71 heavy (non-hydrogen) atoms. The Morgan fingerprint density at radius 3 is 1.03 bits per heavy atom. The lowest BCUT2D eigenvalue weighted by Crippen LogP contribution is -2.27. The van der Waals surface area contributed by atoms with Crippen molar-refractivity contribution in [3.8, 4) is 22.3 Å². The summed E-state index contributed by atoms with van der Waals surface area (Å²) in [5, 5.41) is 5.26. The third-order valence-electron chi connectivity index (χ3n) is 16.4. The fourth-order valence-electron chi connectivity index (χ4n) is 12.6. The Morgan fingerprint density at radius 2 is 0.662 bits per heavy atom. The van der Waals surface area contributed by atoms with Crippen LogP contribution in [0.4, 0.5) is 34.1 Å². The Balaban J connectivity index is 1.18. The molecule has 0 aliphatic heterocycles. The fraction of sp³-hybridized carbons (Fsp3) is 0.188. The van der Waals surface area contributed by atoms with Crippen LogP contribution >= 0.6 is 0 Å². The van der Waals surface area contributed by atoms with E-state index in [1.165, 1.54) is 122 Å². The fourth-order valence-corrected chi connectivity index (χ4v) is 12.6. The van der Waals surface area contributed by atoms with Crippen LogP contribution in [-0.2, 0) is 5.41 Å². The number of para-hydroxylation sites is 2. The molecule has 2 nitrogen and oxygen atoms in total. The SMILES string of the molecule is Cc1cc(N(c2ccccc2)c2ccc3c4c(cc(C(C)C)c3c2)-c2cc(C(C)C)c3cc(N(c5ccccc5)c5cc(C)c(C)c(C)c5)ccc3c2C42c3ccccc3-c3ccccc32)cc(C)c1C. The second-order valence-corrected chi connectivity index (χ2v) is 21.1. The molecule has 0 saturated heterocycles. The van der Waals surface area contributed by atoms with Gasteiger partial charge < -0.3 is 9.80 Å². The number of anilines is 6. The predicted molar refractivity (Wildman–Crippen MR) is 304 cm³/mol. The molecule has 0 saturated carbocycles. The van der Waals surface area contributed by atoms with E-state index in [0.29, 0.717) is 0 Å². The van der Waals surface area contributed by atoms with Gasteiger partial charge in [-0.15, -0.1) is 0 Å². The largest absolute Gasteiger partial charge is 0.310 e. The molecule has 12 rings (SSSR count). The van der Waals surface area contributed by atoms with Crippen molar-refractivity contribution < 1.29 is 0 Å². The molecule has 2 heteroatoms. The van der Waals surface area contributed by atoms with Crippen molar-refractivity contribution in [1.29, 1.82) is 0 Å². The van der Waals surface area contributed by atoms with Gasteiger partial charge in [0, 0.05) is 34.1 Å². The van der Waals surface area contributed by atoms with E-state index in [4.69, 9.17) is 0 Å². The third-order valence-corrected chi connectivity index (χ3v) is 16.4. The maximum absolute atomic E-state index is 2.60. The van der Waals surface area contributed by atoms with Crippen molar-refractivity contribution in [1.82, 2.24) is 0 Å². The zero-order valence-electron chi connectivity index (χ0n) is 42.9. The predicted octanol–water partition coefficient (Wildman–Crippen LogP) is 19.4. The molecule has 10 aromatic rings. The van der Waals surface area contributed by atoms with Gasteiger partial charge in [-0.05, 0) is 249 Å². The van der Waals surface area contributed by atoms with Crippen LogP contribution in [0.1, 0.15) is 106 Å². The van der Waals surface area contributed by atoms with Crippen molar-refractivity contribution in [2.24, 2.45) is 0 Å². The highest BCUT2D eigenvalue weighted by Gasteiger charge is 2.54. The van der Waals surface area contributed by atoms with E-state index in [0.717, 1.165) is 22.7 Å². The molecule has 0 fully saturated rings. The molecule has 10 aromatic carbocycles. The van der Waals surface area contributed by atoms with Gasteiger partial charge in [-0.3, -0.25) is 0 Å². The smallest absolute Gasteiger partial charge is 0.0737 e. The molecular weight excluding hydrogens is 857 g/mol. The van der Waals surface area contributed by atoms with Gasteiger partial charge in [0.25, 0.3) is 0 Å². The average molecular weight is 919 g/mol. The normalized spacial score (nSPS) is 13.0. The molecule has 0 heterocycles. The Bertz CT molecular complexity index is 3480. The molecule has 348 valence electrons. The first-order valence-corrected chi connectivity index (χ1v) is 25.6. The summed E-state index contributed by atoms with van der Waals surface area (Å²) in [6.07, 6.45) is 0. The summed E-state index contributed by atoms with van der Waals surface area (Å²) in [7, 11) is 0. The van der Waals surface area contributed by atoms with Crippen molar-refractivity contribution >= 4 is 55.7 Å². The number of fused-ring (bicyclic) bond motifs is 14. The van der Waals surface area contributed by atoms with E-state index in [-0.39, 0.29) is 11.8 Å². The first-order chi connectivity index (χ1) is 34.4. The second-order valence-electron chi connectivity index (χ2n) is 21.1. The Labute approximate surface area is 420 Å². The van der Waals surface area contributed by atoms with Crippen molar-refractivity contribution in [2.45, 2.75) is 86.5 Å². The lowest BCUT2D eigenvalue weighted by Gasteiger charge is -2.34. The number of benzene rings is 10. The summed E-state index contributed by atoms with van der Waals surface area (Å²) >= 11 is 0. The summed E-state index contributed by atoms with van der Waals surface area (Å²) in [5.74, 6) is 0.557. The van der Waals surface area contributed by atoms with Gasteiger partial charge in [0.2, 0.25) is 0 Å². The first-order valence-electron chi connectivity index (χ1n) is 25.6. The minimum absolute atomic E-state index is 0.279. The summed E-state index contributed by atoms with van der Waals surface area (Å²) < 4.78 is 0. The number of rotatable bonds is 8. The van der Waals surface area contributed by atoms with Gasteiger partial charge in [0.15, 0.2) is 0 Å². The number of hydrogen-bond donors (Lipinski definition) is 0. The van der Waals surface area contributed by atoms with E-state index >= 15 is 0 Å². The molecule has 0 aromatic heterocycles. The van der Waals surface area contributed by atoms with E-state index in [9.17, 15) is 0 Å². The van der Waals surface area contributed by atoms with Crippen LogP contribution < -0.4 is 9.80 Å². The zero-order valence-corrected chi connectivity index (χ0v) is 42.9. The summed E-state index contributed by atoms with van der Waals surface area (Å²) in [6.45, 7) is 22.9. The molecule has 2 aliphatic carbocycles. The van der Waals surface area contributed by atoms with Crippen LogP contribution in [-0.4, -0.2) is 0 Å². The molecule has 0 N–H and O–H groups in total. The molecule has 0 bridgehead atoms. The maximum atomic E-state index is 2.60. The topological polar surface area (TPSA) is 6.48 Å². The number of hydrogen-bond acceptors (Lipinski definition) is 2. The Kier molecular flexibility index (Phi) is 10.5. The minimum Gasteiger partial charge on any atom is -0.310 e. The van der Waals surface area contributed by atoms with E-state index in [1.54, 1.807) is 0 Å². The lowest BCUT2D eigenvalue weighted by atomic mass is 9.67. The van der Waals surface area contributed by atoms with Crippen LogP contribution in [0, 0.1) is 41.5 Å². The van der Waals surface area contributed by atoms with Gasteiger partial charge in [0.1, 0.15) is 0 Å². The average Bonchev–Trinajstić information content (AvgIpc) is 3.85. The van der Waals surface area contributed by atoms with E-state index < -0.39 is 5.41 Å². The van der Waals surface area contributed by atoms with Crippen LogP contribution in [0.3, 0.4) is 0 Å². The van der Waals surface area contributed by atoms with Crippen LogP contribution in [0.15, 0.2) is 182 Å². The minimum atomic E-state index is -0.572. The van der Waals surface area contributed by atoms with E-state index in [2.05, 4.69) is 261 Å². The van der Waals surface area contributed by atoms with Gasteiger partial charge in [0.05, 0.1) is 5.41 Å². The maximum Gasteiger partial charge on any atom is 0.0737 e. The molecule has 0 radical (unpaired) electrons. The second kappa shape index (κ2) is 16.7. The number of nitrogens with zero attached hydrogens (tertiary/aromatic N) is 2. The molecule has 0 unspecified atom stereocenters. The highest BCUT2D eigenvalue weighted by molar-refractivity contribution is 6.11. The Hall–Kier alpha value is -7.68. The first kappa shape index (κ1) is 44.5. The van der Waals surface area contributed by atoms with Gasteiger partial charge in [-0.1, -0.05) is 125 Å². The van der Waals surface area contributed by atoms with Gasteiger partial charge in [-0.25, -0.2) is 0 Å². The highest BCUT2D eigenvalue weighted by atomic mass is 15.1. The third kappa shape index (κ3) is 6.67. The van der Waals surface area contributed by atoms with Crippen molar-refractivity contribution in [3.63, 3.8) is 0 Å². The molecule has 1 spiro atoms.